The quantitative estimate of drug-likeness (QED) is 0.469. The van der Waals surface area contributed by atoms with Crippen LogP contribution in [0.4, 0.5) is 5.69 Å². The Morgan fingerprint density at radius 3 is 2.46 bits per heavy atom. The molecule has 1 atom stereocenters. The van der Waals surface area contributed by atoms with E-state index in [2.05, 4.69) is 19.8 Å². The number of nitrogens with zero attached hydrogens (tertiary/aromatic N) is 4. The highest BCUT2D eigenvalue weighted by Crippen LogP contribution is 2.26. The van der Waals surface area contributed by atoms with Gasteiger partial charge in [0.15, 0.2) is 0 Å². The molecule has 3 aromatic rings. The molecule has 146 valence electrons. The van der Waals surface area contributed by atoms with Gasteiger partial charge < -0.3 is 4.52 Å². The van der Waals surface area contributed by atoms with Gasteiger partial charge in [0.25, 0.3) is 5.69 Å². The Hall–Kier alpha value is -3.18. The van der Waals surface area contributed by atoms with Crippen molar-refractivity contribution >= 4 is 15.7 Å². The predicted molar refractivity (Wildman–Crippen MR) is 98.5 cm³/mol. The summed E-state index contributed by atoms with van der Waals surface area (Å²) in [6.07, 6.45) is 3.18. The summed E-state index contributed by atoms with van der Waals surface area (Å²) in [6, 6.07) is 7.31. The molecule has 2 aromatic heterocycles. The van der Waals surface area contributed by atoms with Crippen LogP contribution in [0.2, 0.25) is 0 Å². The first-order valence-electron chi connectivity index (χ1n) is 8.29. The molecule has 0 amide bonds. The zero-order chi connectivity index (χ0) is 20.3. The van der Waals surface area contributed by atoms with Crippen molar-refractivity contribution in [2.75, 3.05) is 0 Å². The molecule has 0 bridgehead atoms. The molecule has 0 aliphatic rings. The maximum absolute atomic E-state index is 12.7. The average Bonchev–Trinajstić information content (AvgIpc) is 3.16. The summed E-state index contributed by atoms with van der Waals surface area (Å²) in [6.45, 7) is 3.61. The summed E-state index contributed by atoms with van der Waals surface area (Å²) in [5.41, 5.74) is 0.440. The zero-order valence-corrected chi connectivity index (χ0v) is 15.8. The van der Waals surface area contributed by atoms with Crippen molar-refractivity contribution in [1.82, 2.24) is 19.8 Å². The second-order valence-electron chi connectivity index (χ2n) is 6.29. The average molecular weight is 403 g/mol. The van der Waals surface area contributed by atoms with Crippen LogP contribution < -0.4 is 4.72 Å². The van der Waals surface area contributed by atoms with E-state index in [4.69, 9.17) is 4.52 Å². The fourth-order valence-electron chi connectivity index (χ4n) is 2.43. The summed E-state index contributed by atoms with van der Waals surface area (Å²) in [4.78, 5) is 18.3. The van der Waals surface area contributed by atoms with E-state index in [1.165, 1.54) is 12.1 Å². The number of benzene rings is 1. The second-order valence-corrected chi connectivity index (χ2v) is 8.01. The van der Waals surface area contributed by atoms with Crippen molar-refractivity contribution in [3.05, 3.63) is 64.8 Å². The van der Waals surface area contributed by atoms with Crippen LogP contribution in [-0.4, -0.2) is 28.5 Å². The van der Waals surface area contributed by atoms with Crippen LogP contribution in [0.25, 0.3) is 11.4 Å². The smallest absolute Gasteiger partial charge is 0.269 e. The number of sulfonamides is 1. The van der Waals surface area contributed by atoms with Gasteiger partial charge >= 0.3 is 0 Å². The summed E-state index contributed by atoms with van der Waals surface area (Å²) in [7, 11) is -3.96. The highest BCUT2D eigenvalue weighted by Gasteiger charge is 2.29. The number of nitrogens with one attached hydrogen (secondary N) is 1. The molecule has 0 spiro atoms. The normalized spacial score (nSPS) is 12.8. The number of hydrogen-bond donors (Lipinski definition) is 1. The van der Waals surface area contributed by atoms with E-state index in [0.717, 1.165) is 12.1 Å². The van der Waals surface area contributed by atoms with Gasteiger partial charge in [-0.15, -0.1) is 0 Å². The fourth-order valence-corrected chi connectivity index (χ4v) is 3.77. The first kappa shape index (κ1) is 19.6. The van der Waals surface area contributed by atoms with Crippen LogP contribution in [0.15, 0.2) is 58.2 Å². The molecule has 0 fully saturated rings. The first-order chi connectivity index (χ1) is 13.3. The Bertz CT molecular complexity index is 1060. The highest BCUT2D eigenvalue weighted by atomic mass is 32.2. The van der Waals surface area contributed by atoms with Crippen LogP contribution in [0, 0.1) is 16.0 Å². The maximum atomic E-state index is 12.7. The van der Waals surface area contributed by atoms with E-state index in [1.807, 2.05) is 0 Å². The first-order valence-corrected chi connectivity index (χ1v) is 9.77. The van der Waals surface area contributed by atoms with E-state index in [9.17, 15) is 18.5 Å². The number of aromatic nitrogens is 3. The van der Waals surface area contributed by atoms with E-state index in [-0.39, 0.29) is 22.4 Å². The van der Waals surface area contributed by atoms with Gasteiger partial charge in [-0.1, -0.05) is 19.0 Å². The third-order valence-electron chi connectivity index (χ3n) is 3.93. The lowest BCUT2D eigenvalue weighted by Crippen LogP contribution is -2.32. The maximum Gasteiger partial charge on any atom is 0.269 e. The Morgan fingerprint density at radius 2 is 1.89 bits per heavy atom. The Labute approximate surface area is 160 Å². The van der Waals surface area contributed by atoms with Gasteiger partial charge in [-0.3, -0.25) is 15.1 Å². The van der Waals surface area contributed by atoms with Gasteiger partial charge in [0, 0.05) is 30.1 Å². The molecule has 0 aliphatic carbocycles. The van der Waals surface area contributed by atoms with E-state index in [1.54, 1.807) is 38.4 Å². The SMILES string of the molecule is CC(C)C(NS(=O)(=O)c1ccc([N+](=O)[O-])cc1)c1nc(-c2cccnc2)no1. The van der Waals surface area contributed by atoms with Gasteiger partial charge in [-0.05, 0) is 30.2 Å². The van der Waals surface area contributed by atoms with Crippen molar-refractivity contribution in [3.63, 3.8) is 0 Å². The molecule has 1 aromatic carbocycles. The molecule has 1 N–H and O–H groups in total. The Morgan fingerprint density at radius 1 is 1.18 bits per heavy atom. The largest absolute Gasteiger partial charge is 0.337 e. The summed E-state index contributed by atoms with van der Waals surface area (Å²) in [5.74, 6) is 0.206. The topological polar surface area (TPSA) is 141 Å². The molecule has 0 saturated carbocycles. The molecule has 2 heterocycles. The molecule has 28 heavy (non-hydrogen) atoms. The molecular weight excluding hydrogens is 386 g/mol. The number of nitro benzene ring substituents is 1. The Balaban J connectivity index is 1.87. The van der Waals surface area contributed by atoms with Crippen LogP contribution in [0.3, 0.4) is 0 Å². The third-order valence-corrected chi connectivity index (χ3v) is 5.39. The summed E-state index contributed by atoms with van der Waals surface area (Å²) < 4.78 is 33.2. The van der Waals surface area contributed by atoms with E-state index < -0.39 is 21.0 Å². The monoisotopic (exact) mass is 403 g/mol. The second kappa shape index (κ2) is 7.82. The van der Waals surface area contributed by atoms with Crippen molar-refractivity contribution in [3.8, 4) is 11.4 Å². The molecule has 10 nitrogen and oxygen atoms in total. The number of hydrogen-bond acceptors (Lipinski definition) is 8. The van der Waals surface area contributed by atoms with Crippen molar-refractivity contribution in [1.29, 1.82) is 0 Å². The number of non-ortho nitro benzene ring substituents is 1. The molecular formula is C17H17N5O5S. The summed E-state index contributed by atoms with van der Waals surface area (Å²) >= 11 is 0. The van der Waals surface area contributed by atoms with E-state index >= 15 is 0 Å². The molecule has 11 heteroatoms. The Kier molecular flexibility index (Phi) is 5.47. The zero-order valence-electron chi connectivity index (χ0n) is 15.0. The number of pyridine rings is 1. The van der Waals surface area contributed by atoms with Crippen LogP contribution >= 0.6 is 0 Å². The lowest BCUT2D eigenvalue weighted by atomic mass is 10.1. The van der Waals surface area contributed by atoms with Crippen molar-refractivity contribution < 1.29 is 17.9 Å². The predicted octanol–water partition coefficient (Wildman–Crippen LogP) is 2.72. The third kappa shape index (κ3) is 4.21. The van der Waals surface area contributed by atoms with Gasteiger partial charge in [0.1, 0.15) is 6.04 Å². The minimum atomic E-state index is -3.96. The molecule has 0 radical (unpaired) electrons. The van der Waals surface area contributed by atoms with Crippen molar-refractivity contribution in [2.45, 2.75) is 24.8 Å². The number of rotatable bonds is 7. The van der Waals surface area contributed by atoms with E-state index in [0.29, 0.717) is 11.4 Å². The fraction of sp³-hybridized carbons (Fsp3) is 0.235. The van der Waals surface area contributed by atoms with Crippen LogP contribution in [0.5, 0.6) is 0 Å². The molecule has 1 unspecified atom stereocenters. The molecule has 3 rings (SSSR count). The number of nitro groups is 1. The minimum absolute atomic E-state index is 0.101. The van der Waals surface area contributed by atoms with Crippen molar-refractivity contribution in [2.24, 2.45) is 5.92 Å². The van der Waals surface area contributed by atoms with Gasteiger partial charge in [-0.25, -0.2) is 8.42 Å². The van der Waals surface area contributed by atoms with Gasteiger partial charge in [0.05, 0.1) is 9.82 Å². The highest BCUT2D eigenvalue weighted by molar-refractivity contribution is 7.89. The minimum Gasteiger partial charge on any atom is -0.337 e. The lowest BCUT2D eigenvalue weighted by molar-refractivity contribution is -0.384. The standard InChI is InChI=1S/C17H17N5O5S/c1-11(2)15(17-19-16(20-27-17)12-4-3-9-18-10-12)21-28(25,26)14-7-5-13(6-8-14)22(23)24/h3-11,15,21H,1-2H3. The van der Waals surface area contributed by atoms with Crippen LogP contribution in [-0.2, 0) is 10.0 Å². The summed E-state index contributed by atoms with van der Waals surface area (Å²) in [5, 5.41) is 14.6. The molecule has 0 saturated heterocycles. The van der Waals surface area contributed by atoms with Gasteiger partial charge in [-0.2, -0.15) is 9.71 Å². The molecule has 0 aliphatic heterocycles. The van der Waals surface area contributed by atoms with Gasteiger partial charge in [0.2, 0.25) is 21.7 Å². The van der Waals surface area contributed by atoms with Crippen LogP contribution in [0.1, 0.15) is 25.8 Å². The lowest BCUT2D eigenvalue weighted by Gasteiger charge is -2.18.